The molecule has 0 bridgehead atoms. The van der Waals surface area contributed by atoms with Gasteiger partial charge < -0.3 is 15.5 Å². The molecule has 3 rings (SSSR count). The van der Waals surface area contributed by atoms with Gasteiger partial charge in [0.2, 0.25) is 17.7 Å². The van der Waals surface area contributed by atoms with Gasteiger partial charge >= 0.3 is 0 Å². The number of carbonyl (C=O) groups is 3. The fourth-order valence-corrected chi connectivity index (χ4v) is 3.20. The van der Waals surface area contributed by atoms with Gasteiger partial charge in [-0.1, -0.05) is 18.2 Å². The van der Waals surface area contributed by atoms with E-state index in [4.69, 9.17) is 0 Å². The highest BCUT2D eigenvalue weighted by Gasteiger charge is 2.34. The number of nitrogens with one attached hydrogen (secondary N) is 2. The summed E-state index contributed by atoms with van der Waals surface area (Å²) in [5.74, 6) is -1.20. The van der Waals surface area contributed by atoms with E-state index in [1.54, 1.807) is 41.3 Å². The molecule has 0 unspecified atom stereocenters. The van der Waals surface area contributed by atoms with Crippen molar-refractivity contribution < 1.29 is 18.8 Å². The predicted octanol–water partition coefficient (Wildman–Crippen LogP) is 2.81. The number of hydrogen-bond donors (Lipinski definition) is 2. The first-order chi connectivity index (χ1) is 13.4. The van der Waals surface area contributed by atoms with Crippen LogP contribution < -0.4 is 10.6 Å². The van der Waals surface area contributed by atoms with Crippen molar-refractivity contribution in [1.29, 1.82) is 0 Å². The summed E-state index contributed by atoms with van der Waals surface area (Å²) < 4.78 is 13.0. The maximum atomic E-state index is 13.0. The molecule has 2 aromatic carbocycles. The van der Waals surface area contributed by atoms with E-state index in [0.717, 1.165) is 5.56 Å². The van der Waals surface area contributed by atoms with Crippen LogP contribution in [0.1, 0.15) is 18.9 Å². The summed E-state index contributed by atoms with van der Waals surface area (Å²) in [5.41, 5.74) is 2.10. The zero-order valence-corrected chi connectivity index (χ0v) is 15.6. The third-order valence-corrected chi connectivity index (χ3v) is 4.62. The predicted molar refractivity (Wildman–Crippen MR) is 104 cm³/mol. The van der Waals surface area contributed by atoms with Crippen molar-refractivity contribution in [3.05, 3.63) is 59.9 Å². The number of likely N-dealkylation sites (tertiary alicyclic amines) is 1. The first-order valence-electron chi connectivity index (χ1n) is 9.11. The van der Waals surface area contributed by atoms with Gasteiger partial charge in [-0.15, -0.1) is 0 Å². The number of halogens is 1. The van der Waals surface area contributed by atoms with Crippen molar-refractivity contribution in [2.45, 2.75) is 19.8 Å². The third-order valence-electron chi connectivity index (χ3n) is 4.62. The van der Waals surface area contributed by atoms with Gasteiger partial charge in [-0.2, -0.15) is 0 Å². The fourth-order valence-electron chi connectivity index (χ4n) is 3.20. The highest BCUT2D eigenvalue weighted by atomic mass is 19.1. The fraction of sp³-hybridized carbons (Fsp3) is 0.286. The highest BCUT2D eigenvalue weighted by molar-refractivity contribution is 5.98. The molecule has 0 aromatic heterocycles. The van der Waals surface area contributed by atoms with Crippen LogP contribution in [-0.4, -0.2) is 35.7 Å². The molecule has 0 aliphatic carbocycles. The number of carbonyl (C=O) groups excluding carboxylic acids is 3. The lowest BCUT2D eigenvalue weighted by atomic mass is 10.1. The molecule has 0 spiro atoms. The van der Waals surface area contributed by atoms with Crippen LogP contribution in [0.3, 0.4) is 0 Å². The minimum atomic E-state index is -0.426. The molecule has 146 valence electrons. The number of nitrogens with zero attached hydrogens (tertiary/aromatic N) is 1. The van der Waals surface area contributed by atoms with Crippen molar-refractivity contribution in [3.8, 4) is 0 Å². The van der Waals surface area contributed by atoms with E-state index in [1.165, 1.54) is 19.1 Å². The average molecular weight is 383 g/mol. The smallest absolute Gasteiger partial charge is 0.229 e. The second-order valence-electron chi connectivity index (χ2n) is 6.87. The summed E-state index contributed by atoms with van der Waals surface area (Å²) in [5, 5.41) is 5.47. The lowest BCUT2D eigenvalue weighted by Gasteiger charge is -2.16. The third kappa shape index (κ3) is 5.16. The van der Waals surface area contributed by atoms with E-state index in [9.17, 15) is 18.8 Å². The van der Waals surface area contributed by atoms with Crippen LogP contribution in [0.2, 0.25) is 0 Å². The quantitative estimate of drug-likeness (QED) is 0.805. The molecule has 0 saturated carbocycles. The van der Waals surface area contributed by atoms with Crippen LogP contribution in [0, 0.1) is 11.7 Å². The number of anilines is 2. The van der Waals surface area contributed by atoms with Gasteiger partial charge in [-0.3, -0.25) is 14.4 Å². The van der Waals surface area contributed by atoms with Crippen LogP contribution in [0.5, 0.6) is 0 Å². The Labute approximate surface area is 162 Å². The molecular formula is C21H22FN3O3. The highest BCUT2D eigenvalue weighted by Crippen LogP contribution is 2.22. The molecule has 6 nitrogen and oxygen atoms in total. The average Bonchev–Trinajstić information content (AvgIpc) is 3.02. The molecule has 1 atom stereocenters. The van der Waals surface area contributed by atoms with Crippen LogP contribution in [-0.2, 0) is 20.8 Å². The summed E-state index contributed by atoms with van der Waals surface area (Å²) in [4.78, 5) is 37.6. The van der Waals surface area contributed by atoms with Crippen molar-refractivity contribution in [2.24, 2.45) is 5.92 Å². The Hall–Kier alpha value is -3.22. The van der Waals surface area contributed by atoms with Crippen LogP contribution in [0.4, 0.5) is 15.8 Å². The second-order valence-corrected chi connectivity index (χ2v) is 6.87. The first kappa shape index (κ1) is 19.5. The van der Waals surface area contributed by atoms with E-state index >= 15 is 0 Å². The standard InChI is InChI=1S/C21H22FN3O3/c1-14(26)23-18-3-2-4-19(12-18)24-21(28)16-11-20(27)25(13-16)10-9-15-5-7-17(22)8-6-15/h2-8,12,16H,9-11,13H2,1H3,(H,23,26)(H,24,28)/t16-/m1/s1. The van der Waals surface area contributed by atoms with Gasteiger partial charge in [0.05, 0.1) is 5.92 Å². The first-order valence-corrected chi connectivity index (χ1v) is 9.11. The molecule has 1 saturated heterocycles. The molecule has 0 radical (unpaired) electrons. The molecule has 2 aromatic rings. The van der Waals surface area contributed by atoms with Gasteiger partial charge in [0.25, 0.3) is 0 Å². The molecule has 28 heavy (non-hydrogen) atoms. The number of benzene rings is 2. The van der Waals surface area contributed by atoms with E-state index in [0.29, 0.717) is 30.9 Å². The molecule has 7 heteroatoms. The molecule has 3 amide bonds. The Morgan fingerprint density at radius 2 is 1.79 bits per heavy atom. The van der Waals surface area contributed by atoms with Gasteiger partial charge in [-0.05, 0) is 42.3 Å². The Morgan fingerprint density at radius 1 is 1.11 bits per heavy atom. The molecule has 1 aliphatic heterocycles. The zero-order chi connectivity index (χ0) is 20.1. The van der Waals surface area contributed by atoms with Gasteiger partial charge in [0.1, 0.15) is 5.82 Å². The van der Waals surface area contributed by atoms with Gasteiger partial charge in [-0.25, -0.2) is 4.39 Å². The maximum absolute atomic E-state index is 13.0. The van der Waals surface area contributed by atoms with Gasteiger partial charge in [0.15, 0.2) is 0 Å². The Balaban J connectivity index is 1.54. The largest absolute Gasteiger partial charge is 0.342 e. The van der Waals surface area contributed by atoms with Crippen LogP contribution in [0.25, 0.3) is 0 Å². The van der Waals surface area contributed by atoms with Crippen molar-refractivity contribution in [1.82, 2.24) is 4.90 Å². The SMILES string of the molecule is CC(=O)Nc1cccc(NC(=O)[C@@H]2CC(=O)N(CCc3ccc(F)cc3)C2)c1. The maximum Gasteiger partial charge on any atom is 0.229 e. The van der Waals surface area contributed by atoms with E-state index in [1.807, 2.05) is 0 Å². The van der Waals surface area contributed by atoms with E-state index < -0.39 is 5.92 Å². The molecular weight excluding hydrogens is 361 g/mol. The second kappa shape index (κ2) is 8.65. The Kier molecular flexibility index (Phi) is 6.03. The van der Waals surface area contributed by atoms with Crippen molar-refractivity contribution in [2.75, 3.05) is 23.7 Å². The lowest BCUT2D eigenvalue weighted by Crippen LogP contribution is -2.30. The molecule has 2 N–H and O–H groups in total. The number of hydrogen-bond acceptors (Lipinski definition) is 3. The molecule has 1 fully saturated rings. The zero-order valence-electron chi connectivity index (χ0n) is 15.6. The monoisotopic (exact) mass is 383 g/mol. The summed E-state index contributed by atoms with van der Waals surface area (Å²) in [6, 6.07) is 13.0. The van der Waals surface area contributed by atoms with Gasteiger partial charge in [0, 0.05) is 37.8 Å². The van der Waals surface area contributed by atoms with E-state index in [2.05, 4.69) is 10.6 Å². The summed E-state index contributed by atoms with van der Waals surface area (Å²) in [7, 11) is 0. The molecule has 1 heterocycles. The Bertz CT molecular complexity index is 883. The number of rotatable bonds is 6. The minimum absolute atomic E-state index is 0.0609. The van der Waals surface area contributed by atoms with Crippen LogP contribution >= 0.6 is 0 Å². The Morgan fingerprint density at radius 3 is 2.46 bits per heavy atom. The summed E-state index contributed by atoms with van der Waals surface area (Å²) >= 11 is 0. The molecule has 1 aliphatic rings. The summed E-state index contributed by atoms with van der Waals surface area (Å²) in [6.45, 7) is 2.26. The lowest BCUT2D eigenvalue weighted by molar-refractivity contribution is -0.128. The topological polar surface area (TPSA) is 78.5 Å². The normalized spacial score (nSPS) is 16.1. The van der Waals surface area contributed by atoms with Crippen molar-refractivity contribution in [3.63, 3.8) is 0 Å². The van der Waals surface area contributed by atoms with Crippen LogP contribution in [0.15, 0.2) is 48.5 Å². The minimum Gasteiger partial charge on any atom is -0.342 e. The van der Waals surface area contributed by atoms with Crippen molar-refractivity contribution >= 4 is 29.1 Å². The number of amides is 3. The van der Waals surface area contributed by atoms with E-state index in [-0.39, 0.29) is 30.0 Å². The summed E-state index contributed by atoms with van der Waals surface area (Å²) in [6.07, 6.45) is 0.778.